The number of piperidine rings is 1. The Morgan fingerprint density at radius 1 is 1.45 bits per heavy atom. The molecule has 0 radical (unpaired) electrons. The molecule has 0 saturated carbocycles. The zero-order valence-electron chi connectivity index (χ0n) is 11.8. The number of nitrogens with zero attached hydrogens (tertiary/aromatic N) is 4. The van der Waals surface area contributed by atoms with E-state index in [1.54, 1.807) is 24.0 Å². The quantitative estimate of drug-likeness (QED) is 0.907. The zero-order valence-corrected chi connectivity index (χ0v) is 11.8. The Bertz CT molecular complexity index is 615. The molecule has 1 aliphatic rings. The van der Waals surface area contributed by atoms with Crippen molar-refractivity contribution < 1.29 is 4.79 Å². The standard InChI is InChI=1S/C14H19N5O/c1-10-9-11(17-16-10)12-5-3-4-8-19(12)14(20)13-6-7-15-18(13)2/h6-7,9,12H,3-5,8H2,1-2H3,(H,16,17). The normalized spacial score (nSPS) is 19.3. The lowest BCUT2D eigenvalue weighted by atomic mass is 9.98. The highest BCUT2D eigenvalue weighted by molar-refractivity contribution is 5.92. The van der Waals surface area contributed by atoms with E-state index in [0.717, 1.165) is 37.2 Å². The summed E-state index contributed by atoms with van der Waals surface area (Å²) < 4.78 is 1.63. The van der Waals surface area contributed by atoms with Crippen LogP contribution >= 0.6 is 0 Å². The van der Waals surface area contributed by atoms with Crippen molar-refractivity contribution >= 4 is 5.91 Å². The maximum absolute atomic E-state index is 12.7. The van der Waals surface area contributed by atoms with Crippen molar-refractivity contribution in [2.24, 2.45) is 7.05 Å². The second-order valence-electron chi connectivity index (χ2n) is 5.33. The van der Waals surface area contributed by atoms with Gasteiger partial charge in [0.1, 0.15) is 5.69 Å². The number of aromatic amines is 1. The van der Waals surface area contributed by atoms with E-state index in [9.17, 15) is 4.79 Å². The van der Waals surface area contributed by atoms with Crippen LogP contribution in [0.5, 0.6) is 0 Å². The number of carbonyl (C=O) groups excluding carboxylic acids is 1. The predicted molar refractivity (Wildman–Crippen MR) is 74.2 cm³/mol. The summed E-state index contributed by atoms with van der Waals surface area (Å²) in [6, 6.07) is 3.86. The van der Waals surface area contributed by atoms with E-state index >= 15 is 0 Å². The molecule has 0 aromatic carbocycles. The zero-order chi connectivity index (χ0) is 14.1. The van der Waals surface area contributed by atoms with Gasteiger partial charge in [0.25, 0.3) is 5.91 Å². The van der Waals surface area contributed by atoms with Gasteiger partial charge >= 0.3 is 0 Å². The van der Waals surface area contributed by atoms with Crippen molar-refractivity contribution in [3.63, 3.8) is 0 Å². The third kappa shape index (κ3) is 2.21. The van der Waals surface area contributed by atoms with E-state index < -0.39 is 0 Å². The fraction of sp³-hybridized carbons (Fsp3) is 0.500. The number of aryl methyl sites for hydroxylation is 2. The molecular formula is C14H19N5O. The molecule has 1 saturated heterocycles. The molecule has 1 N–H and O–H groups in total. The maximum atomic E-state index is 12.7. The molecule has 1 aliphatic heterocycles. The SMILES string of the molecule is Cc1cc(C2CCCCN2C(=O)c2ccnn2C)n[nH]1. The van der Waals surface area contributed by atoms with Crippen LogP contribution in [0.2, 0.25) is 0 Å². The van der Waals surface area contributed by atoms with Crippen molar-refractivity contribution in [3.05, 3.63) is 35.4 Å². The molecule has 0 bridgehead atoms. The molecule has 2 aromatic heterocycles. The first-order valence-electron chi connectivity index (χ1n) is 6.97. The number of aromatic nitrogens is 4. The lowest BCUT2D eigenvalue weighted by Gasteiger charge is -2.34. The van der Waals surface area contributed by atoms with Crippen LogP contribution in [0.25, 0.3) is 0 Å². The molecule has 1 unspecified atom stereocenters. The lowest BCUT2D eigenvalue weighted by molar-refractivity contribution is 0.0594. The first-order valence-corrected chi connectivity index (χ1v) is 6.97. The van der Waals surface area contributed by atoms with Crippen LogP contribution in [0.4, 0.5) is 0 Å². The average Bonchev–Trinajstić information content (AvgIpc) is 3.07. The summed E-state index contributed by atoms with van der Waals surface area (Å²) in [6.45, 7) is 2.76. The summed E-state index contributed by atoms with van der Waals surface area (Å²) in [5.41, 5.74) is 2.61. The van der Waals surface area contributed by atoms with Gasteiger partial charge in [-0.3, -0.25) is 14.6 Å². The van der Waals surface area contributed by atoms with Crippen LogP contribution in [-0.4, -0.2) is 37.3 Å². The highest BCUT2D eigenvalue weighted by Crippen LogP contribution is 2.31. The van der Waals surface area contributed by atoms with Gasteiger partial charge < -0.3 is 4.90 Å². The summed E-state index contributed by atoms with van der Waals surface area (Å²) in [5.74, 6) is 0.0374. The van der Waals surface area contributed by atoms with Crippen LogP contribution in [0.3, 0.4) is 0 Å². The van der Waals surface area contributed by atoms with E-state index in [-0.39, 0.29) is 11.9 Å². The Balaban J connectivity index is 1.89. The molecule has 3 heterocycles. The Kier molecular flexibility index (Phi) is 3.30. The first-order chi connectivity index (χ1) is 9.66. The molecule has 3 rings (SSSR count). The minimum Gasteiger partial charge on any atom is -0.329 e. The number of carbonyl (C=O) groups is 1. The number of hydrogen-bond acceptors (Lipinski definition) is 3. The number of amides is 1. The van der Waals surface area contributed by atoms with Crippen molar-refractivity contribution in [1.29, 1.82) is 0 Å². The molecule has 2 aromatic rings. The molecule has 6 nitrogen and oxygen atoms in total. The van der Waals surface area contributed by atoms with Gasteiger partial charge in [-0.15, -0.1) is 0 Å². The summed E-state index contributed by atoms with van der Waals surface area (Å²) in [5, 5.41) is 11.4. The monoisotopic (exact) mass is 273 g/mol. The third-order valence-corrected chi connectivity index (χ3v) is 3.87. The van der Waals surface area contributed by atoms with E-state index in [1.807, 2.05) is 17.9 Å². The molecule has 1 amide bonds. The van der Waals surface area contributed by atoms with Gasteiger partial charge in [-0.25, -0.2) is 0 Å². The fourth-order valence-corrected chi connectivity index (χ4v) is 2.82. The highest BCUT2D eigenvalue weighted by atomic mass is 16.2. The Hall–Kier alpha value is -2.11. The van der Waals surface area contributed by atoms with E-state index in [0.29, 0.717) is 5.69 Å². The highest BCUT2D eigenvalue weighted by Gasteiger charge is 2.31. The Labute approximate surface area is 117 Å². The number of H-pyrrole nitrogens is 1. The largest absolute Gasteiger partial charge is 0.329 e. The van der Waals surface area contributed by atoms with Crippen LogP contribution in [0, 0.1) is 6.92 Å². The average molecular weight is 273 g/mol. The van der Waals surface area contributed by atoms with Crippen LogP contribution < -0.4 is 0 Å². The molecule has 0 spiro atoms. The van der Waals surface area contributed by atoms with Crippen LogP contribution in [0.1, 0.15) is 47.2 Å². The molecule has 6 heteroatoms. The molecule has 1 fully saturated rings. The number of likely N-dealkylation sites (tertiary alicyclic amines) is 1. The van der Waals surface area contributed by atoms with Gasteiger partial charge in [0.05, 0.1) is 11.7 Å². The minimum atomic E-state index is 0.0374. The van der Waals surface area contributed by atoms with E-state index in [2.05, 4.69) is 15.3 Å². The summed E-state index contributed by atoms with van der Waals surface area (Å²) in [7, 11) is 1.80. The predicted octanol–water partition coefficient (Wildman–Crippen LogP) is 1.82. The first kappa shape index (κ1) is 12.9. The lowest BCUT2D eigenvalue weighted by Crippen LogP contribution is -2.39. The molecule has 0 aliphatic carbocycles. The third-order valence-electron chi connectivity index (χ3n) is 3.87. The summed E-state index contributed by atoms with van der Waals surface area (Å²) >= 11 is 0. The van der Waals surface area contributed by atoms with Crippen LogP contribution in [-0.2, 0) is 7.05 Å². The molecule has 1 atom stereocenters. The molecule has 106 valence electrons. The Morgan fingerprint density at radius 3 is 2.95 bits per heavy atom. The van der Waals surface area contributed by atoms with Crippen molar-refractivity contribution in [3.8, 4) is 0 Å². The summed E-state index contributed by atoms with van der Waals surface area (Å²) in [6.07, 6.45) is 4.80. The minimum absolute atomic E-state index is 0.0374. The second kappa shape index (κ2) is 5.11. The summed E-state index contributed by atoms with van der Waals surface area (Å²) in [4.78, 5) is 14.6. The van der Waals surface area contributed by atoms with Crippen molar-refractivity contribution in [2.75, 3.05) is 6.54 Å². The van der Waals surface area contributed by atoms with Gasteiger partial charge in [-0.05, 0) is 38.3 Å². The number of nitrogens with one attached hydrogen (secondary N) is 1. The Morgan fingerprint density at radius 2 is 2.30 bits per heavy atom. The van der Waals surface area contributed by atoms with Gasteiger partial charge in [-0.2, -0.15) is 10.2 Å². The smallest absolute Gasteiger partial charge is 0.272 e. The maximum Gasteiger partial charge on any atom is 0.272 e. The van der Waals surface area contributed by atoms with Crippen molar-refractivity contribution in [1.82, 2.24) is 24.9 Å². The van der Waals surface area contributed by atoms with Gasteiger partial charge in [0, 0.05) is 25.5 Å². The van der Waals surface area contributed by atoms with Gasteiger partial charge in [0.2, 0.25) is 0 Å². The number of hydrogen-bond donors (Lipinski definition) is 1. The van der Waals surface area contributed by atoms with E-state index in [1.165, 1.54) is 0 Å². The van der Waals surface area contributed by atoms with Gasteiger partial charge in [0.15, 0.2) is 0 Å². The molecule has 20 heavy (non-hydrogen) atoms. The van der Waals surface area contributed by atoms with E-state index in [4.69, 9.17) is 0 Å². The van der Waals surface area contributed by atoms with Gasteiger partial charge in [-0.1, -0.05) is 0 Å². The second-order valence-corrected chi connectivity index (χ2v) is 5.33. The molecular weight excluding hydrogens is 254 g/mol. The fourth-order valence-electron chi connectivity index (χ4n) is 2.82. The number of rotatable bonds is 2. The van der Waals surface area contributed by atoms with Crippen molar-refractivity contribution in [2.45, 2.75) is 32.2 Å². The topological polar surface area (TPSA) is 66.8 Å². The van der Waals surface area contributed by atoms with Crippen LogP contribution in [0.15, 0.2) is 18.3 Å².